The SMILES string of the molecule is COc1ccc(NCC2CCCCS2)c([N+](=O)[O-])c1. The van der Waals surface area contributed by atoms with Gasteiger partial charge in [0.15, 0.2) is 0 Å². The van der Waals surface area contributed by atoms with Crippen molar-refractivity contribution in [3.05, 3.63) is 28.3 Å². The molecule has 1 aliphatic rings. The lowest BCUT2D eigenvalue weighted by Crippen LogP contribution is -2.20. The van der Waals surface area contributed by atoms with Crippen LogP contribution in [0.5, 0.6) is 5.75 Å². The minimum Gasteiger partial charge on any atom is -0.496 e. The van der Waals surface area contributed by atoms with Crippen molar-refractivity contribution < 1.29 is 9.66 Å². The number of hydrogen-bond donors (Lipinski definition) is 1. The zero-order valence-electron chi connectivity index (χ0n) is 10.9. The van der Waals surface area contributed by atoms with E-state index in [1.807, 2.05) is 11.8 Å². The van der Waals surface area contributed by atoms with Gasteiger partial charge in [0, 0.05) is 11.8 Å². The molecule has 19 heavy (non-hydrogen) atoms. The number of nitro benzene ring substituents is 1. The summed E-state index contributed by atoms with van der Waals surface area (Å²) in [5, 5.41) is 14.8. The molecule has 0 saturated carbocycles. The van der Waals surface area contributed by atoms with Crippen LogP contribution in [0, 0.1) is 10.1 Å². The molecule has 6 heteroatoms. The molecule has 1 aliphatic heterocycles. The molecular formula is C13H18N2O3S. The van der Waals surface area contributed by atoms with Crippen LogP contribution in [0.2, 0.25) is 0 Å². The van der Waals surface area contributed by atoms with Crippen LogP contribution in [0.1, 0.15) is 19.3 Å². The van der Waals surface area contributed by atoms with Gasteiger partial charge in [-0.2, -0.15) is 11.8 Å². The molecule has 1 aromatic carbocycles. The Morgan fingerprint density at radius 1 is 1.53 bits per heavy atom. The van der Waals surface area contributed by atoms with E-state index < -0.39 is 0 Å². The Kier molecular flexibility index (Phi) is 4.90. The molecular weight excluding hydrogens is 264 g/mol. The van der Waals surface area contributed by atoms with Crippen molar-refractivity contribution in [1.29, 1.82) is 0 Å². The Balaban J connectivity index is 2.04. The van der Waals surface area contributed by atoms with Crippen LogP contribution in [0.3, 0.4) is 0 Å². The van der Waals surface area contributed by atoms with Crippen molar-refractivity contribution in [1.82, 2.24) is 0 Å². The Bertz CT molecular complexity index is 448. The van der Waals surface area contributed by atoms with Gasteiger partial charge < -0.3 is 10.1 Å². The third kappa shape index (κ3) is 3.76. The van der Waals surface area contributed by atoms with Gasteiger partial charge in [-0.3, -0.25) is 10.1 Å². The number of rotatable bonds is 5. The van der Waals surface area contributed by atoms with Gasteiger partial charge in [-0.05, 0) is 30.7 Å². The first-order valence-electron chi connectivity index (χ1n) is 6.38. The summed E-state index contributed by atoms with van der Waals surface area (Å²) in [6.45, 7) is 0.776. The third-order valence-electron chi connectivity index (χ3n) is 3.20. The Labute approximate surface area is 116 Å². The molecule has 1 aromatic rings. The molecule has 1 heterocycles. The minimum atomic E-state index is -0.376. The maximum absolute atomic E-state index is 11.0. The van der Waals surface area contributed by atoms with Gasteiger partial charge in [-0.25, -0.2) is 0 Å². The van der Waals surface area contributed by atoms with E-state index in [-0.39, 0.29) is 10.6 Å². The number of nitrogens with zero attached hydrogens (tertiary/aromatic N) is 1. The lowest BCUT2D eigenvalue weighted by Gasteiger charge is -2.21. The first kappa shape index (κ1) is 14.0. The maximum Gasteiger partial charge on any atom is 0.296 e. The summed E-state index contributed by atoms with van der Waals surface area (Å²) >= 11 is 1.95. The molecule has 0 bridgehead atoms. The maximum atomic E-state index is 11.0. The molecule has 1 saturated heterocycles. The summed E-state index contributed by atoms with van der Waals surface area (Å²) in [5.74, 6) is 1.70. The van der Waals surface area contributed by atoms with E-state index in [9.17, 15) is 10.1 Å². The lowest BCUT2D eigenvalue weighted by molar-refractivity contribution is -0.384. The molecule has 1 unspecified atom stereocenters. The number of ether oxygens (including phenoxy) is 1. The predicted molar refractivity (Wildman–Crippen MR) is 78.2 cm³/mol. The summed E-state index contributed by atoms with van der Waals surface area (Å²) in [4.78, 5) is 10.7. The zero-order chi connectivity index (χ0) is 13.7. The van der Waals surface area contributed by atoms with E-state index in [1.165, 1.54) is 38.2 Å². The Hall–Kier alpha value is -1.43. The normalized spacial score (nSPS) is 18.9. The number of hydrogen-bond acceptors (Lipinski definition) is 5. The second kappa shape index (κ2) is 6.65. The molecule has 1 fully saturated rings. The van der Waals surface area contributed by atoms with Crippen LogP contribution >= 0.6 is 11.8 Å². The van der Waals surface area contributed by atoms with E-state index in [2.05, 4.69) is 5.32 Å². The van der Waals surface area contributed by atoms with E-state index in [0.29, 0.717) is 16.7 Å². The highest BCUT2D eigenvalue weighted by molar-refractivity contribution is 7.99. The summed E-state index contributed by atoms with van der Waals surface area (Å²) in [6, 6.07) is 4.91. The third-order valence-corrected chi connectivity index (χ3v) is 4.59. The highest BCUT2D eigenvalue weighted by Gasteiger charge is 2.18. The standard InChI is InChI=1S/C13H18N2O3S/c1-18-10-5-6-12(13(8-10)15(16)17)14-9-11-4-2-3-7-19-11/h5-6,8,11,14H,2-4,7,9H2,1H3. The molecule has 0 radical (unpaired) electrons. The van der Waals surface area contributed by atoms with Gasteiger partial charge in [0.25, 0.3) is 5.69 Å². The number of nitro groups is 1. The van der Waals surface area contributed by atoms with Gasteiger partial charge in [-0.15, -0.1) is 0 Å². The number of benzene rings is 1. The van der Waals surface area contributed by atoms with E-state index >= 15 is 0 Å². The summed E-state index contributed by atoms with van der Waals surface area (Å²) in [7, 11) is 1.50. The van der Waals surface area contributed by atoms with Crippen LogP contribution in [0.15, 0.2) is 18.2 Å². The fourth-order valence-corrected chi connectivity index (χ4v) is 3.37. The molecule has 104 valence electrons. The zero-order valence-corrected chi connectivity index (χ0v) is 11.7. The van der Waals surface area contributed by atoms with Crippen molar-refractivity contribution in [3.8, 4) is 5.75 Å². The van der Waals surface area contributed by atoms with Gasteiger partial charge in [0.2, 0.25) is 0 Å². The molecule has 0 amide bonds. The molecule has 1 atom stereocenters. The molecule has 5 nitrogen and oxygen atoms in total. The largest absolute Gasteiger partial charge is 0.496 e. The fourth-order valence-electron chi connectivity index (χ4n) is 2.13. The van der Waals surface area contributed by atoms with Crippen molar-refractivity contribution in [3.63, 3.8) is 0 Å². The lowest BCUT2D eigenvalue weighted by atomic mass is 10.2. The summed E-state index contributed by atoms with van der Waals surface area (Å²) in [6.07, 6.45) is 3.72. The number of nitrogens with one attached hydrogen (secondary N) is 1. The van der Waals surface area contributed by atoms with Gasteiger partial charge in [-0.1, -0.05) is 6.42 Å². The number of thioether (sulfide) groups is 1. The first-order valence-corrected chi connectivity index (χ1v) is 7.43. The van der Waals surface area contributed by atoms with Crippen LogP contribution in [0.25, 0.3) is 0 Å². The average molecular weight is 282 g/mol. The van der Waals surface area contributed by atoms with Crippen LogP contribution in [-0.4, -0.2) is 29.6 Å². The van der Waals surface area contributed by atoms with E-state index in [0.717, 1.165) is 6.54 Å². The Morgan fingerprint density at radius 2 is 2.37 bits per heavy atom. The topological polar surface area (TPSA) is 64.4 Å². The number of anilines is 1. The van der Waals surface area contributed by atoms with Crippen molar-refractivity contribution >= 4 is 23.1 Å². The fraction of sp³-hybridized carbons (Fsp3) is 0.538. The van der Waals surface area contributed by atoms with Crippen LogP contribution in [-0.2, 0) is 0 Å². The predicted octanol–water partition coefficient (Wildman–Crippen LogP) is 3.30. The molecule has 2 rings (SSSR count). The minimum absolute atomic E-state index is 0.0696. The van der Waals surface area contributed by atoms with E-state index in [4.69, 9.17) is 4.74 Å². The highest BCUT2D eigenvalue weighted by atomic mass is 32.2. The van der Waals surface area contributed by atoms with Crippen molar-refractivity contribution in [2.24, 2.45) is 0 Å². The Morgan fingerprint density at radius 3 is 3.00 bits per heavy atom. The van der Waals surface area contributed by atoms with Gasteiger partial charge >= 0.3 is 0 Å². The first-order chi connectivity index (χ1) is 9.20. The quantitative estimate of drug-likeness (QED) is 0.663. The highest BCUT2D eigenvalue weighted by Crippen LogP contribution is 2.30. The van der Waals surface area contributed by atoms with Gasteiger partial charge in [0.1, 0.15) is 11.4 Å². The van der Waals surface area contributed by atoms with Crippen LogP contribution < -0.4 is 10.1 Å². The summed E-state index contributed by atoms with van der Waals surface area (Å²) < 4.78 is 5.02. The molecule has 0 aromatic heterocycles. The number of methoxy groups -OCH3 is 1. The molecule has 1 N–H and O–H groups in total. The summed E-state index contributed by atoms with van der Waals surface area (Å²) in [5.41, 5.74) is 0.636. The molecule has 0 aliphatic carbocycles. The second-order valence-corrected chi connectivity index (χ2v) is 5.92. The second-order valence-electron chi connectivity index (χ2n) is 4.51. The monoisotopic (exact) mass is 282 g/mol. The van der Waals surface area contributed by atoms with Crippen LogP contribution in [0.4, 0.5) is 11.4 Å². The van der Waals surface area contributed by atoms with Crippen molar-refractivity contribution in [2.75, 3.05) is 24.7 Å². The smallest absolute Gasteiger partial charge is 0.296 e. The van der Waals surface area contributed by atoms with E-state index in [1.54, 1.807) is 12.1 Å². The van der Waals surface area contributed by atoms with Crippen molar-refractivity contribution in [2.45, 2.75) is 24.5 Å². The van der Waals surface area contributed by atoms with Gasteiger partial charge in [0.05, 0.1) is 18.1 Å². The average Bonchev–Trinajstić information content (AvgIpc) is 2.46. The molecule has 0 spiro atoms.